The Bertz CT molecular complexity index is 1410. The largest absolute Gasteiger partial charge is 0.462 e. The van der Waals surface area contributed by atoms with Crippen molar-refractivity contribution in [3.63, 3.8) is 0 Å². The number of rotatable bonds is 7. The van der Waals surface area contributed by atoms with Gasteiger partial charge in [-0.1, -0.05) is 51.1 Å². The molecular formula is C36H42F2N2O3. The van der Waals surface area contributed by atoms with Crippen molar-refractivity contribution in [2.75, 3.05) is 37.7 Å². The summed E-state index contributed by atoms with van der Waals surface area (Å²) in [7, 11) is 0. The van der Waals surface area contributed by atoms with Crippen LogP contribution in [0.3, 0.4) is 0 Å². The second kappa shape index (κ2) is 13.4. The zero-order valence-electron chi connectivity index (χ0n) is 25.5. The van der Waals surface area contributed by atoms with E-state index in [1.807, 2.05) is 24.3 Å². The summed E-state index contributed by atoms with van der Waals surface area (Å²) in [5, 5.41) is 0. The molecule has 1 saturated heterocycles. The monoisotopic (exact) mass is 588 g/mol. The molecule has 1 atom stereocenters. The van der Waals surface area contributed by atoms with Crippen LogP contribution in [0.4, 0.5) is 14.5 Å². The van der Waals surface area contributed by atoms with Gasteiger partial charge in [0.25, 0.3) is 0 Å². The molecule has 2 heterocycles. The number of anilines is 1. The number of halogens is 2. The minimum atomic E-state index is -0.375. The molecule has 2 aliphatic heterocycles. The number of carbonyl (C=O) groups excluding carboxylic acids is 2. The number of benzene rings is 3. The molecule has 1 unspecified atom stereocenters. The number of likely N-dealkylation sites (tertiary alicyclic amines) is 1. The maximum absolute atomic E-state index is 14.4. The molecule has 2 aliphatic rings. The smallest absolute Gasteiger partial charge is 0.338 e. The molecule has 3 aromatic carbocycles. The van der Waals surface area contributed by atoms with Gasteiger partial charge in [-0.3, -0.25) is 9.69 Å². The molecule has 0 N–H and O–H groups in total. The fourth-order valence-corrected chi connectivity index (χ4v) is 6.29. The Balaban J connectivity index is 1.12. The van der Waals surface area contributed by atoms with Crippen LogP contribution < -0.4 is 4.90 Å². The Labute approximate surface area is 253 Å². The zero-order chi connectivity index (χ0) is 30.6. The van der Waals surface area contributed by atoms with Crippen LogP contribution in [0.15, 0.2) is 66.7 Å². The van der Waals surface area contributed by atoms with Crippen LogP contribution in [0.2, 0.25) is 0 Å². The maximum atomic E-state index is 14.4. The van der Waals surface area contributed by atoms with E-state index in [2.05, 4.69) is 25.7 Å². The second-order valence-electron chi connectivity index (χ2n) is 13.0. The van der Waals surface area contributed by atoms with Crippen molar-refractivity contribution in [2.45, 2.75) is 64.2 Å². The molecule has 1 fully saturated rings. The van der Waals surface area contributed by atoms with Gasteiger partial charge in [0.15, 0.2) is 0 Å². The lowest BCUT2D eigenvalue weighted by atomic mass is 9.87. The highest BCUT2D eigenvalue weighted by molar-refractivity contribution is 5.96. The predicted octanol–water partition coefficient (Wildman–Crippen LogP) is 7.48. The van der Waals surface area contributed by atoms with Crippen molar-refractivity contribution in [1.29, 1.82) is 0 Å². The third-order valence-corrected chi connectivity index (χ3v) is 8.92. The molecule has 0 radical (unpaired) electrons. The first kappa shape index (κ1) is 30.9. The Hall–Kier alpha value is -3.58. The van der Waals surface area contributed by atoms with Gasteiger partial charge in [0.1, 0.15) is 11.6 Å². The van der Waals surface area contributed by atoms with Gasteiger partial charge in [-0.05, 0) is 110 Å². The van der Waals surface area contributed by atoms with E-state index in [4.69, 9.17) is 4.74 Å². The predicted molar refractivity (Wildman–Crippen MR) is 165 cm³/mol. The molecule has 228 valence electrons. The summed E-state index contributed by atoms with van der Waals surface area (Å²) in [4.78, 5) is 30.0. The maximum Gasteiger partial charge on any atom is 0.338 e. The molecule has 5 rings (SSSR count). The van der Waals surface area contributed by atoms with Gasteiger partial charge in [0.2, 0.25) is 5.91 Å². The normalized spacial score (nSPS) is 18.2. The highest BCUT2D eigenvalue weighted by Crippen LogP contribution is 2.39. The fourth-order valence-electron chi connectivity index (χ4n) is 6.29. The van der Waals surface area contributed by atoms with Gasteiger partial charge in [-0.2, -0.15) is 0 Å². The van der Waals surface area contributed by atoms with Crippen molar-refractivity contribution in [3.05, 3.63) is 101 Å². The molecule has 7 heteroatoms. The molecule has 43 heavy (non-hydrogen) atoms. The summed E-state index contributed by atoms with van der Waals surface area (Å²) in [6.45, 7) is 9.20. The average Bonchev–Trinajstić information content (AvgIpc) is 3.17. The lowest BCUT2D eigenvalue weighted by Crippen LogP contribution is -2.44. The van der Waals surface area contributed by atoms with E-state index in [1.165, 1.54) is 29.8 Å². The van der Waals surface area contributed by atoms with Crippen LogP contribution >= 0.6 is 0 Å². The first-order valence-electron chi connectivity index (χ1n) is 15.4. The summed E-state index contributed by atoms with van der Waals surface area (Å²) < 4.78 is 33.6. The SMILES string of the molecule is CC(C)(C)c1ccc(C(=O)OCCC2CCN(CC(=O)N3CCCC(c4ccc(F)cc4)c4ccc(F)cc43)CC2)cc1. The highest BCUT2D eigenvalue weighted by atomic mass is 19.1. The van der Waals surface area contributed by atoms with Crippen LogP contribution in [0.25, 0.3) is 0 Å². The number of ether oxygens (including phenoxy) is 1. The summed E-state index contributed by atoms with van der Waals surface area (Å²) in [5.74, 6) is -0.579. The number of hydrogen-bond acceptors (Lipinski definition) is 4. The first-order valence-corrected chi connectivity index (χ1v) is 15.4. The van der Waals surface area contributed by atoms with E-state index in [-0.39, 0.29) is 41.4 Å². The summed E-state index contributed by atoms with van der Waals surface area (Å²) in [6.07, 6.45) is 4.24. The molecular weight excluding hydrogens is 546 g/mol. The molecule has 0 aromatic heterocycles. The first-order chi connectivity index (χ1) is 20.6. The third kappa shape index (κ3) is 7.69. The van der Waals surface area contributed by atoms with E-state index in [1.54, 1.807) is 23.1 Å². The molecule has 0 spiro atoms. The molecule has 0 saturated carbocycles. The number of amides is 1. The van der Waals surface area contributed by atoms with Gasteiger partial charge >= 0.3 is 5.97 Å². The van der Waals surface area contributed by atoms with Gasteiger partial charge in [0, 0.05) is 12.5 Å². The zero-order valence-corrected chi connectivity index (χ0v) is 25.5. The minimum absolute atomic E-state index is 0.0262. The van der Waals surface area contributed by atoms with Crippen LogP contribution in [-0.2, 0) is 14.9 Å². The number of piperidine rings is 1. The Morgan fingerprint density at radius 1 is 0.860 bits per heavy atom. The summed E-state index contributed by atoms with van der Waals surface area (Å²) in [6, 6.07) is 18.8. The molecule has 3 aromatic rings. The summed E-state index contributed by atoms with van der Waals surface area (Å²) in [5.41, 5.74) is 4.26. The molecule has 5 nitrogen and oxygen atoms in total. The van der Waals surface area contributed by atoms with Crippen LogP contribution in [0.1, 0.15) is 85.8 Å². The Morgan fingerprint density at radius 3 is 2.21 bits per heavy atom. The number of carbonyl (C=O) groups is 2. The van der Waals surface area contributed by atoms with Crippen molar-refractivity contribution in [3.8, 4) is 0 Å². The van der Waals surface area contributed by atoms with Gasteiger partial charge in [-0.15, -0.1) is 0 Å². The number of hydrogen-bond donors (Lipinski definition) is 0. The van der Waals surface area contributed by atoms with Crippen LogP contribution in [0.5, 0.6) is 0 Å². The quantitative estimate of drug-likeness (QED) is 0.269. The van der Waals surface area contributed by atoms with Crippen molar-refractivity contribution in [2.24, 2.45) is 5.92 Å². The number of fused-ring (bicyclic) bond motifs is 1. The topological polar surface area (TPSA) is 49.9 Å². The van der Waals surface area contributed by atoms with Crippen molar-refractivity contribution < 1.29 is 23.1 Å². The van der Waals surface area contributed by atoms with E-state index in [0.717, 1.165) is 56.3 Å². The van der Waals surface area contributed by atoms with Crippen molar-refractivity contribution >= 4 is 17.6 Å². The second-order valence-corrected chi connectivity index (χ2v) is 13.0. The van der Waals surface area contributed by atoms with Crippen LogP contribution in [-0.4, -0.2) is 49.6 Å². The van der Waals surface area contributed by atoms with Gasteiger partial charge in [-0.25, -0.2) is 13.6 Å². The Kier molecular flexibility index (Phi) is 9.60. The summed E-state index contributed by atoms with van der Waals surface area (Å²) >= 11 is 0. The number of esters is 1. The van der Waals surface area contributed by atoms with Gasteiger partial charge < -0.3 is 9.64 Å². The van der Waals surface area contributed by atoms with E-state index >= 15 is 0 Å². The lowest BCUT2D eigenvalue weighted by molar-refractivity contribution is -0.120. The van der Waals surface area contributed by atoms with E-state index in [9.17, 15) is 18.4 Å². The fraction of sp³-hybridized carbons (Fsp3) is 0.444. The van der Waals surface area contributed by atoms with E-state index in [0.29, 0.717) is 30.3 Å². The standard InChI is InChI=1S/C36H42F2N2O3/c1-36(2,3)28-10-6-27(7-11-28)35(42)43-22-18-25-16-20-39(21-17-25)24-34(41)40-19-4-5-31(26-8-12-29(37)13-9-26)32-15-14-30(38)23-33(32)40/h6-15,23,25,31H,4-5,16-22,24H2,1-3H3. The number of nitrogens with zero attached hydrogens (tertiary/aromatic N) is 2. The van der Waals surface area contributed by atoms with E-state index < -0.39 is 0 Å². The minimum Gasteiger partial charge on any atom is -0.462 e. The lowest BCUT2D eigenvalue weighted by Gasteiger charge is -2.33. The van der Waals surface area contributed by atoms with Gasteiger partial charge in [0.05, 0.1) is 24.4 Å². The molecule has 1 amide bonds. The molecule has 0 aliphatic carbocycles. The average molecular weight is 589 g/mol. The Morgan fingerprint density at radius 2 is 1.53 bits per heavy atom. The van der Waals surface area contributed by atoms with Crippen molar-refractivity contribution in [1.82, 2.24) is 4.90 Å². The third-order valence-electron chi connectivity index (χ3n) is 8.92. The molecule has 0 bridgehead atoms. The highest BCUT2D eigenvalue weighted by Gasteiger charge is 2.30. The van der Waals surface area contributed by atoms with Crippen LogP contribution in [0, 0.1) is 17.6 Å².